The van der Waals surface area contributed by atoms with Gasteiger partial charge in [0, 0.05) is 24.6 Å². The van der Waals surface area contributed by atoms with Crippen LogP contribution in [0.2, 0.25) is 0 Å². The highest BCUT2D eigenvalue weighted by molar-refractivity contribution is 5.97. The van der Waals surface area contributed by atoms with E-state index in [-0.39, 0.29) is 18.8 Å². The van der Waals surface area contributed by atoms with E-state index in [9.17, 15) is 19.5 Å². The van der Waals surface area contributed by atoms with E-state index in [2.05, 4.69) is 0 Å². The van der Waals surface area contributed by atoms with E-state index in [1.165, 1.54) is 11.1 Å². The first kappa shape index (κ1) is 29.1. The summed E-state index contributed by atoms with van der Waals surface area (Å²) in [6, 6.07) is 16.6. The Labute approximate surface area is 224 Å². The van der Waals surface area contributed by atoms with Crippen LogP contribution in [0.25, 0.3) is 0 Å². The topological polar surface area (TPSA) is 102 Å². The van der Waals surface area contributed by atoms with Gasteiger partial charge in [-0.1, -0.05) is 48.5 Å². The number of carboxylic acid groups (broad SMARTS) is 1. The number of carbonyl (C=O) groups excluding carboxylic acids is 2. The molecule has 3 rings (SSSR count). The van der Waals surface area contributed by atoms with Gasteiger partial charge in [0.1, 0.15) is 11.6 Å². The van der Waals surface area contributed by atoms with Crippen molar-refractivity contribution in [3.05, 3.63) is 84.1 Å². The number of benzene rings is 2. The first-order valence-corrected chi connectivity index (χ1v) is 12.7. The van der Waals surface area contributed by atoms with Gasteiger partial charge in [0.25, 0.3) is 5.91 Å². The van der Waals surface area contributed by atoms with Crippen molar-refractivity contribution in [3.63, 3.8) is 0 Å². The van der Waals surface area contributed by atoms with E-state index in [0.717, 1.165) is 5.56 Å². The molecule has 1 heterocycles. The summed E-state index contributed by atoms with van der Waals surface area (Å²) >= 11 is 0. The number of aliphatic carboxylic acids is 1. The number of carboxylic acids is 1. The Morgan fingerprint density at radius 3 is 2.24 bits per heavy atom. The van der Waals surface area contributed by atoms with Crippen LogP contribution >= 0.6 is 0 Å². The molecule has 1 unspecified atom stereocenters. The maximum absolute atomic E-state index is 13.5. The minimum atomic E-state index is -1.15. The lowest BCUT2D eigenvalue weighted by atomic mass is 10.0. The van der Waals surface area contributed by atoms with E-state index < -0.39 is 41.5 Å². The Balaban J connectivity index is 1.86. The van der Waals surface area contributed by atoms with E-state index in [0.29, 0.717) is 12.0 Å². The minimum absolute atomic E-state index is 0.0484. The average molecular weight is 524 g/mol. The van der Waals surface area contributed by atoms with Crippen molar-refractivity contribution in [2.45, 2.75) is 83.5 Å². The number of esters is 1. The molecule has 1 aliphatic rings. The Morgan fingerprint density at radius 1 is 1.05 bits per heavy atom. The summed E-state index contributed by atoms with van der Waals surface area (Å²) in [5.74, 6) is -2.94. The summed E-state index contributed by atoms with van der Waals surface area (Å²) in [5, 5.41) is 10.1. The fourth-order valence-corrected chi connectivity index (χ4v) is 4.33. The Hall–Kier alpha value is -3.49. The summed E-state index contributed by atoms with van der Waals surface area (Å²) < 4.78 is 17.4. The van der Waals surface area contributed by atoms with E-state index >= 15 is 0 Å². The molecule has 1 amide bonds. The summed E-state index contributed by atoms with van der Waals surface area (Å²) in [4.78, 5) is 39.6. The molecule has 3 atom stereocenters. The molecule has 2 aromatic carbocycles. The molecule has 0 saturated carbocycles. The number of hydrogen-bond donors (Lipinski definition) is 1. The maximum Gasteiger partial charge on any atom is 0.327 e. The van der Waals surface area contributed by atoms with Crippen LogP contribution in [0.15, 0.2) is 72.9 Å². The van der Waals surface area contributed by atoms with Gasteiger partial charge in [0.15, 0.2) is 5.79 Å². The van der Waals surface area contributed by atoms with E-state index in [4.69, 9.17) is 14.2 Å². The molecule has 0 radical (unpaired) electrons. The number of amides is 1. The van der Waals surface area contributed by atoms with E-state index in [1.54, 1.807) is 71.0 Å². The van der Waals surface area contributed by atoms with Gasteiger partial charge >= 0.3 is 11.9 Å². The molecule has 0 aliphatic carbocycles. The predicted octanol–water partition coefficient (Wildman–Crippen LogP) is 4.98. The lowest BCUT2D eigenvalue weighted by Crippen LogP contribution is -2.46. The highest BCUT2D eigenvalue weighted by atomic mass is 16.7. The molecule has 38 heavy (non-hydrogen) atoms. The number of hydrogen-bond acceptors (Lipinski definition) is 6. The van der Waals surface area contributed by atoms with Crippen LogP contribution in [0.1, 0.15) is 63.4 Å². The quantitative estimate of drug-likeness (QED) is 0.463. The summed E-state index contributed by atoms with van der Waals surface area (Å²) in [6.45, 7) is 8.91. The lowest BCUT2D eigenvalue weighted by Gasteiger charge is -2.40. The molecule has 8 heteroatoms. The third-order valence-electron chi connectivity index (χ3n) is 5.80. The number of carbonyl (C=O) groups is 3. The molecule has 2 aromatic rings. The molecule has 1 N–H and O–H groups in total. The smallest absolute Gasteiger partial charge is 0.327 e. The van der Waals surface area contributed by atoms with Gasteiger partial charge in [-0.3, -0.25) is 9.59 Å². The highest BCUT2D eigenvalue weighted by Crippen LogP contribution is 2.30. The first-order chi connectivity index (χ1) is 17.8. The SMILES string of the molecule is CC(C)(C)OC(=O)C[C@H]1C[C@@H](/C=C/N(C(=O)c2ccccc2)C(Cc2ccccc2)C(=O)O)OC(C)(C)O1. The first-order valence-electron chi connectivity index (χ1n) is 12.7. The zero-order valence-corrected chi connectivity index (χ0v) is 22.6. The Morgan fingerprint density at radius 2 is 1.66 bits per heavy atom. The molecule has 1 saturated heterocycles. The molecular weight excluding hydrogens is 486 g/mol. The summed E-state index contributed by atoms with van der Waals surface area (Å²) in [7, 11) is 0. The fraction of sp³-hybridized carbons (Fsp3) is 0.433. The van der Waals surface area contributed by atoms with Gasteiger partial charge in [-0.25, -0.2) is 4.79 Å². The van der Waals surface area contributed by atoms with Crippen molar-refractivity contribution in [2.75, 3.05) is 0 Å². The molecular formula is C30H37NO7. The molecule has 0 spiro atoms. The monoisotopic (exact) mass is 523 g/mol. The number of rotatable bonds is 9. The molecule has 8 nitrogen and oxygen atoms in total. The molecule has 1 fully saturated rings. The van der Waals surface area contributed by atoms with Crippen LogP contribution in [-0.4, -0.2) is 57.5 Å². The molecule has 204 valence electrons. The molecule has 1 aliphatic heterocycles. The Bertz CT molecular complexity index is 1120. The normalized spacial score (nSPS) is 20.0. The Kier molecular flexibility index (Phi) is 9.46. The van der Waals surface area contributed by atoms with Crippen LogP contribution in [0.4, 0.5) is 0 Å². The zero-order valence-electron chi connectivity index (χ0n) is 22.6. The zero-order chi connectivity index (χ0) is 27.9. The van der Waals surface area contributed by atoms with Crippen molar-refractivity contribution >= 4 is 17.8 Å². The predicted molar refractivity (Wildman–Crippen MR) is 142 cm³/mol. The molecule has 0 bridgehead atoms. The number of nitrogens with zero attached hydrogens (tertiary/aromatic N) is 1. The maximum atomic E-state index is 13.5. The lowest BCUT2D eigenvalue weighted by molar-refractivity contribution is -0.290. The van der Waals surface area contributed by atoms with Crippen LogP contribution in [0.5, 0.6) is 0 Å². The molecule has 0 aromatic heterocycles. The second-order valence-corrected chi connectivity index (χ2v) is 10.8. The van der Waals surface area contributed by atoms with Crippen LogP contribution in [0, 0.1) is 0 Å². The highest BCUT2D eigenvalue weighted by Gasteiger charge is 2.37. The second-order valence-electron chi connectivity index (χ2n) is 10.8. The summed E-state index contributed by atoms with van der Waals surface area (Å²) in [6.07, 6.45) is 2.66. The largest absolute Gasteiger partial charge is 0.480 e. The van der Waals surface area contributed by atoms with Gasteiger partial charge in [-0.2, -0.15) is 0 Å². The van der Waals surface area contributed by atoms with Gasteiger partial charge in [-0.05, 0) is 58.4 Å². The standard InChI is InChI=1S/C30H37NO7/c1-29(2,3)38-26(32)20-24-19-23(36-30(4,5)37-24)16-17-31(27(33)22-14-10-7-11-15-22)25(28(34)35)18-21-12-8-6-9-13-21/h6-17,23-25H,18-20H2,1-5H3,(H,34,35)/b17-16+/t23-,24-,25?/m1/s1. The van der Waals surface area contributed by atoms with Crippen LogP contribution in [-0.2, 0) is 30.2 Å². The van der Waals surface area contributed by atoms with Crippen molar-refractivity contribution in [3.8, 4) is 0 Å². The van der Waals surface area contributed by atoms with Crippen molar-refractivity contribution in [2.24, 2.45) is 0 Å². The van der Waals surface area contributed by atoms with Crippen molar-refractivity contribution in [1.29, 1.82) is 0 Å². The van der Waals surface area contributed by atoms with Gasteiger partial charge in [0.05, 0.1) is 18.6 Å². The van der Waals surface area contributed by atoms with E-state index in [1.807, 2.05) is 30.3 Å². The van der Waals surface area contributed by atoms with Crippen LogP contribution in [0.3, 0.4) is 0 Å². The summed E-state index contributed by atoms with van der Waals surface area (Å²) in [5.41, 5.74) is 0.549. The van der Waals surface area contributed by atoms with Crippen molar-refractivity contribution < 1.29 is 33.7 Å². The average Bonchev–Trinajstić information content (AvgIpc) is 2.82. The van der Waals surface area contributed by atoms with Gasteiger partial charge in [-0.15, -0.1) is 0 Å². The third-order valence-corrected chi connectivity index (χ3v) is 5.80. The fourth-order valence-electron chi connectivity index (χ4n) is 4.33. The number of ether oxygens (including phenoxy) is 3. The van der Waals surface area contributed by atoms with Crippen LogP contribution < -0.4 is 0 Å². The van der Waals surface area contributed by atoms with Gasteiger partial charge in [0.2, 0.25) is 0 Å². The van der Waals surface area contributed by atoms with Crippen molar-refractivity contribution in [1.82, 2.24) is 4.90 Å². The van der Waals surface area contributed by atoms with Gasteiger partial charge < -0.3 is 24.2 Å². The minimum Gasteiger partial charge on any atom is -0.480 e. The second kappa shape index (κ2) is 12.4. The third kappa shape index (κ3) is 8.82.